The Morgan fingerprint density at radius 3 is 3.06 bits per heavy atom. The van der Waals surface area contributed by atoms with E-state index in [-0.39, 0.29) is 5.91 Å². The topological polar surface area (TPSA) is 51.5 Å². The first-order valence-electron chi connectivity index (χ1n) is 5.75. The minimum Gasteiger partial charge on any atom is -0.451 e. The summed E-state index contributed by atoms with van der Waals surface area (Å²) in [5, 5.41) is 3.64. The molecule has 0 bridgehead atoms. The largest absolute Gasteiger partial charge is 0.451 e. The lowest BCUT2D eigenvalue weighted by molar-refractivity contribution is 0.0898. The third-order valence-corrected chi connectivity index (χ3v) is 2.93. The maximum atomic E-state index is 11.8. The third-order valence-electron chi connectivity index (χ3n) is 2.44. The molecule has 1 heterocycles. The monoisotopic (exact) mass is 311 g/mol. The third kappa shape index (κ3) is 3.11. The lowest BCUT2D eigenvalue weighted by Gasteiger charge is -2.02. The Morgan fingerprint density at radius 1 is 1.44 bits per heavy atom. The van der Waals surface area contributed by atoms with Crippen molar-refractivity contribution in [3.63, 3.8) is 0 Å². The van der Waals surface area contributed by atoms with Gasteiger partial charge in [-0.3, -0.25) is 4.79 Å². The molecular weight excluding hydrogens is 298 g/mol. The number of rotatable bonds is 5. The number of fused-ring (bicyclic) bond motifs is 1. The maximum absolute atomic E-state index is 11.8. The van der Waals surface area contributed by atoms with Gasteiger partial charge in [-0.05, 0) is 31.2 Å². The zero-order valence-corrected chi connectivity index (χ0v) is 11.6. The van der Waals surface area contributed by atoms with Crippen molar-refractivity contribution >= 4 is 32.8 Å². The molecule has 5 heteroatoms. The van der Waals surface area contributed by atoms with Gasteiger partial charge in [0.25, 0.3) is 5.91 Å². The number of hydrogen-bond donors (Lipinski definition) is 1. The van der Waals surface area contributed by atoms with Gasteiger partial charge in [-0.15, -0.1) is 0 Å². The predicted molar refractivity (Wildman–Crippen MR) is 72.7 cm³/mol. The van der Waals surface area contributed by atoms with E-state index in [2.05, 4.69) is 21.2 Å². The van der Waals surface area contributed by atoms with Gasteiger partial charge >= 0.3 is 0 Å². The van der Waals surface area contributed by atoms with Gasteiger partial charge in [0.05, 0.1) is 6.61 Å². The molecule has 0 saturated carbocycles. The van der Waals surface area contributed by atoms with E-state index in [9.17, 15) is 4.79 Å². The second kappa shape index (κ2) is 6.02. The van der Waals surface area contributed by atoms with Crippen LogP contribution in [0.3, 0.4) is 0 Å². The highest BCUT2D eigenvalue weighted by molar-refractivity contribution is 9.10. The van der Waals surface area contributed by atoms with Gasteiger partial charge in [-0.25, -0.2) is 0 Å². The fourth-order valence-corrected chi connectivity index (χ4v) is 1.97. The Hall–Kier alpha value is -1.33. The molecule has 1 N–H and O–H groups in total. The van der Waals surface area contributed by atoms with Gasteiger partial charge < -0.3 is 14.5 Å². The molecule has 0 spiro atoms. The summed E-state index contributed by atoms with van der Waals surface area (Å²) in [6.07, 6.45) is 0. The first-order chi connectivity index (χ1) is 8.70. The normalized spacial score (nSPS) is 10.8. The van der Waals surface area contributed by atoms with Crippen LogP contribution in [0.15, 0.2) is 33.2 Å². The van der Waals surface area contributed by atoms with Crippen molar-refractivity contribution in [2.24, 2.45) is 0 Å². The van der Waals surface area contributed by atoms with E-state index in [4.69, 9.17) is 9.15 Å². The zero-order valence-electron chi connectivity index (χ0n) is 10.0. The first kappa shape index (κ1) is 13.1. The van der Waals surface area contributed by atoms with Crippen LogP contribution >= 0.6 is 15.9 Å². The summed E-state index contributed by atoms with van der Waals surface area (Å²) in [5.74, 6) is 0.0987. The number of carbonyl (C=O) groups excluding carboxylic acids is 1. The van der Waals surface area contributed by atoms with Crippen LogP contribution in [0.25, 0.3) is 11.0 Å². The molecular formula is C13H14BrNO3. The van der Waals surface area contributed by atoms with Gasteiger partial charge in [0.15, 0.2) is 5.76 Å². The number of hydrogen-bond acceptors (Lipinski definition) is 3. The lowest BCUT2D eigenvalue weighted by atomic mass is 10.2. The molecule has 0 fully saturated rings. The maximum Gasteiger partial charge on any atom is 0.287 e. The van der Waals surface area contributed by atoms with Crippen LogP contribution in [0.2, 0.25) is 0 Å². The summed E-state index contributed by atoms with van der Waals surface area (Å²) in [4.78, 5) is 11.8. The van der Waals surface area contributed by atoms with Crippen LogP contribution in [0, 0.1) is 0 Å². The Labute approximate surface area is 113 Å². The van der Waals surface area contributed by atoms with Crippen LogP contribution < -0.4 is 5.32 Å². The number of benzene rings is 1. The molecule has 96 valence electrons. The fraction of sp³-hybridized carbons (Fsp3) is 0.308. The smallest absolute Gasteiger partial charge is 0.287 e. The van der Waals surface area contributed by atoms with Crippen molar-refractivity contribution in [1.29, 1.82) is 0 Å². The average molecular weight is 312 g/mol. The van der Waals surface area contributed by atoms with E-state index in [0.29, 0.717) is 31.1 Å². The molecule has 0 saturated heterocycles. The summed E-state index contributed by atoms with van der Waals surface area (Å²) < 4.78 is 11.6. The quantitative estimate of drug-likeness (QED) is 0.864. The van der Waals surface area contributed by atoms with Crippen LogP contribution in [0.4, 0.5) is 0 Å². The fourth-order valence-electron chi connectivity index (χ4n) is 1.59. The van der Waals surface area contributed by atoms with Crippen LogP contribution in [0.5, 0.6) is 0 Å². The van der Waals surface area contributed by atoms with Gasteiger partial charge in [-0.2, -0.15) is 0 Å². The first-order valence-corrected chi connectivity index (χ1v) is 6.55. The molecule has 0 radical (unpaired) electrons. The van der Waals surface area contributed by atoms with E-state index in [1.807, 2.05) is 25.1 Å². The Kier molecular flexibility index (Phi) is 4.38. The molecule has 0 atom stereocenters. The van der Waals surface area contributed by atoms with E-state index in [1.165, 1.54) is 0 Å². The second-order valence-corrected chi connectivity index (χ2v) is 4.66. The highest BCUT2D eigenvalue weighted by Crippen LogP contribution is 2.23. The van der Waals surface area contributed by atoms with E-state index in [1.54, 1.807) is 6.07 Å². The molecule has 2 aromatic rings. The van der Waals surface area contributed by atoms with Gasteiger partial charge in [0.1, 0.15) is 5.58 Å². The van der Waals surface area contributed by atoms with E-state index < -0.39 is 0 Å². The molecule has 2 rings (SSSR count). The van der Waals surface area contributed by atoms with Gasteiger partial charge in [0.2, 0.25) is 0 Å². The minimum atomic E-state index is -0.220. The van der Waals surface area contributed by atoms with Gasteiger partial charge in [0, 0.05) is 23.0 Å². The van der Waals surface area contributed by atoms with Crippen LogP contribution in [-0.4, -0.2) is 25.7 Å². The number of furan rings is 1. The van der Waals surface area contributed by atoms with Crippen molar-refractivity contribution in [3.8, 4) is 0 Å². The Bertz CT molecular complexity index is 550. The molecule has 4 nitrogen and oxygen atoms in total. The average Bonchev–Trinajstić information content (AvgIpc) is 2.77. The Morgan fingerprint density at radius 2 is 2.28 bits per heavy atom. The van der Waals surface area contributed by atoms with Crippen molar-refractivity contribution in [1.82, 2.24) is 5.32 Å². The molecule has 0 aliphatic rings. The van der Waals surface area contributed by atoms with Crippen LogP contribution in [-0.2, 0) is 4.74 Å². The zero-order chi connectivity index (χ0) is 13.0. The second-order valence-electron chi connectivity index (χ2n) is 3.75. The summed E-state index contributed by atoms with van der Waals surface area (Å²) in [6.45, 7) is 3.55. The molecule has 0 unspecified atom stereocenters. The lowest BCUT2D eigenvalue weighted by Crippen LogP contribution is -2.26. The summed E-state index contributed by atoms with van der Waals surface area (Å²) in [5.41, 5.74) is 0.702. The number of amides is 1. The molecule has 1 aromatic carbocycles. The highest BCUT2D eigenvalue weighted by atomic mass is 79.9. The molecule has 1 amide bonds. The SMILES string of the molecule is CCOCCNC(=O)c1cc2cc(Br)ccc2o1. The predicted octanol–water partition coefficient (Wildman–Crippen LogP) is 2.96. The standard InChI is InChI=1S/C13H14BrNO3/c1-2-17-6-5-15-13(16)12-8-9-7-10(14)3-4-11(9)18-12/h3-4,7-8H,2,5-6H2,1H3,(H,15,16). The van der Waals surface area contributed by atoms with Crippen molar-refractivity contribution in [2.75, 3.05) is 19.8 Å². The number of halogens is 1. The van der Waals surface area contributed by atoms with Crippen molar-refractivity contribution in [3.05, 3.63) is 34.5 Å². The van der Waals surface area contributed by atoms with E-state index >= 15 is 0 Å². The summed E-state index contributed by atoms with van der Waals surface area (Å²) in [7, 11) is 0. The molecule has 1 aromatic heterocycles. The number of carbonyl (C=O) groups is 1. The van der Waals surface area contributed by atoms with Crippen LogP contribution in [0.1, 0.15) is 17.5 Å². The van der Waals surface area contributed by atoms with Crippen molar-refractivity contribution in [2.45, 2.75) is 6.92 Å². The Balaban J connectivity index is 2.04. The van der Waals surface area contributed by atoms with E-state index in [0.717, 1.165) is 9.86 Å². The summed E-state index contributed by atoms with van der Waals surface area (Å²) in [6, 6.07) is 7.35. The van der Waals surface area contributed by atoms with Crippen molar-refractivity contribution < 1.29 is 13.9 Å². The summed E-state index contributed by atoms with van der Waals surface area (Å²) >= 11 is 3.38. The minimum absolute atomic E-state index is 0.220. The highest BCUT2D eigenvalue weighted by Gasteiger charge is 2.11. The molecule has 0 aliphatic heterocycles. The van der Waals surface area contributed by atoms with Gasteiger partial charge in [-0.1, -0.05) is 15.9 Å². The number of nitrogens with one attached hydrogen (secondary N) is 1. The number of ether oxygens (including phenoxy) is 1. The molecule has 0 aliphatic carbocycles. The molecule has 18 heavy (non-hydrogen) atoms.